The smallest absolute Gasteiger partial charge is 0.258 e. The van der Waals surface area contributed by atoms with Gasteiger partial charge in [0.1, 0.15) is 5.75 Å². The number of hydrogen-bond acceptors (Lipinski definition) is 4. The van der Waals surface area contributed by atoms with Crippen LogP contribution in [0, 0.1) is 0 Å². The van der Waals surface area contributed by atoms with Gasteiger partial charge in [-0.2, -0.15) is 0 Å². The largest absolute Gasteiger partial charge is 0.484 e. The van der Waals surface area contributed by atoms with Crippen molar-refractivity contribution >= 4 is 11.6 Å². The number of amides is 1. The van der Waals surface area contributed by atoms with Gasteiger partial charge in [-0.3, -0.25) is 4.79 Å². The predicted octanol–water partition coefficient (Wildman–Crippen LogP) is 1.33. The van der Waals surface area contributed by atoms with Gasteiger partial charge in [-0.15, -0.1) is 0 Å². The van der Waals surface area contributed by atoms with Crippen LogP contribution in [-0.4, -0.2) is 31.3 Å². The quantitative estimate of drug-likeness (QED) is 0.805. The lowest BCUT2D eigenvalue weighted by Gasteiger charge is -2.34. The Bertz CT molecular complexity index is 442. The van der Waals surface area contributed by atoms with E-state index >= 15 is 0 Å². The van der Waals surface area contributed by atoms with Crippen LogP contribution in [0.5, 0.6) is 5.75 Å². The summed E-state index contributed by atoms with van der Waals surface area (Å²) in [7, 11) is 0. The number of benzene rings is 1. The number of carbonyl (C=O) groups is 1. The fraction of sp³-hybridized carbons (Fsp3) is 0.500. The Morgan fingerprint density at radius 3 is 3.11 bits per heavy atom. The Kier molecular flexibility index (Phi) is 4.27. The SMILES string of the molecule is CC1(NC(=O)COc2cccc(N)c2)CCCOC1. The van der Waals surface area contributed by atoms with E-state index in [0.29, 0.717) is 18.0 Å². The van der Waals surface area contributed by atoms with E-state index in [-0.39, 0.29) is 18.1 Å². The summed E-state index contributed by atoms with van der Waals surface area (Å²) in [6.45, 7) is 3.30. The van der Waals surface area contributed by atoms with Gasteiger partial charge < -0.3 is 20.5 Å². The number of ether oxygens (including phenoxy) is 2. The van der Waals surface area contributed by atoms with Crippen molar-refractivity contribution in [2.24, 2.45) is 0 Å². The molecule has 1 amide bonds. The van der Waals surface area contributed by atoms with Gasteiger partial charge in [0.2, 0.25) is 0 Å². The van der Waals surface area contributed by atoms with E-state index in [1.165, 1.54) is 0 Å². The minimum absolute atomic E-state index is 0.0148. The molecule has 1 aliphatic rings. The summed E-state index contributed by atoms with van der Waals surface area (Å²) in [5.41, 5.74) is 5.97. The van der Waals surface area contributed by atoms with E-state index in [2.05, 4.69) is 5.32 Å². The molecule has 0 spiro atoms. The first-order chi connectivity index (χ1) is 9.07. The van der Waals surface area contributed by atoms with Gasteiger partial charge in [0, 0.05) is 18.4 Å². The number of carbonyl (C=O) groups excluding carboxylic acids is 1. The lowest BCUT2D eigenvalue weighted by atomic mass is 9.95. The zero-order valence-electron chi connectivity index (χ0n) is 11.1. The van der Waals surface area contributed by atoms with Crippen molar-refractivity contribution in [1.82, 2.24) is 5.32 Å². The van der Waals surface area contributed by atoms with Crippen LogP contribution in [-0.2, 0) is 9.53 Å². The second-order valence-electron chi connectivity index (χ2n) is 5.13. The molecule has 0 aromatic heterocycles. The third-order valence-electron chi connectivity index (χ3n) is 3.11. The van der Waals surface area contributed by atoms with E-state index in [1.54, 1.807) is 24.3 Å². The Labute approximate surface area is 113 Å². The van der Waals surface area contributed by atoms with Crippen molar-refractivity contribution in [1.29, 1.82) is 0 Å². The summed E-state index contributed by atoms with van der Waals surface area (Å²) in [5, 5.41) is 2.96. The molecule has 1 atom stereocenters. The molecular formula is C14H20N2O3. The topological polar surface area (TPSA) is 73.6 Å². The average Bonchev–Trinajstić information content (AvgIpc) is 2.37. The van der Waals surface area contributed by atoms with Crippen molar-refractivity contribution < 1.29 is 14.3 Å². The molecule has 1 saturated heterocycles. The van der Waals surface area contributed by atoms with Gasteiger partial charge >= 0.3 is 0 Å². The third-order valence-corrected chi connectivity index (χ3v) is 3.11. The molecule has 1 aliphatic heterocycles. The molecule has 0 radical (unpaired) electrons. The molecule has 0 aliphatic carbocycles. The van der Waals surface area contributed by atoms with Crippen molar-refractivity contribution in [3.8, 4) is 5.75 Å². The first kappa shape index (κ1) is 13.7. The molecule has 5 nitrogen and oxygen atoms in total. The molecule has 1 fully saturated rings. The van der Waals surface area contributed by atoms with Gasteiger partial charge in [-0.05, 0) is 31.9 Å². The minimum atomic E-state index is -0.283. The summed E-state index contributed by atoms with van der Waals surface area (Å²) in [5.74, 6) is 0.454. The Balaban J connectivity index is 1.81. The number of hydrogen-bond donors (Lipinski definition) is 2. The lowest BCUT2D eigenvalue weighted by Crippen LogP contribution is -2.52. The second-order valence-corrected chi connectivity index (χ2v) is 5.13. The van der Waals surface area contributed by atoms with Crippen LogP contribution in [0.3, 0.4) is 0 Å². The van der Waals surface area contributed by atoms with Crippen LogP contribution in [0.25, 0.3) is 0 Å². The normalized spacial score (nSPS) is 22.8. The molecule has 19 heavy (non-hydrogen) atoms. The monoisotopic (exact) mass is 264 g/mol. The van der Waals surface area contributed by atoms with Crippen molar-refractivity contribution in [3.05, 3.63) is 24.3 Å². The zero-order valence-corrected chi connectivity index (χ0v) is 11.1. The Morgan fingerprint density at radius 2 is 2.42 bits per heavy atom. The van der Waals surface area contributed by atoms with Crippen LogP contribution < -0.4 is 15.8 Å². The molecule has 1 unspecified atom stereocenters. The Hall–Kier alpha value is -1.75. The van der Waals surface area contributed by atoms with Crippen molar-refractivity contribution in [2.45, 2.75) is 25.3 Å². The minimum Gasteiger partial charge on any atom is -0.484 e. The molecule has 104 valence electrons. The summed E-state index contributed by atoms with van der Waals surface area (Å²) in [4.78, 5) is 11.9. The standard InChI is InChI=1S/C14H20N2O3/c1-14(6-3-7-18-10-14)16-13(17)9-19-12-5-2-4-11(15)8-12/h2,4-5,8H,3,6-7,9-10,15H2,1H3,(H,16,17). The summed E-state index contributed by atoms with van der Waals surface area (Å²) in [6.07, 6.45) is 1.89. The van der Waals surface area contributed by atoms with Gasteiger partial charge in [0.25, 0.3) is 5.91 Å². The Morgan fingerprint density at radius 1 is 1.58 bits per heavy atom. The number of nitrogens with one attached hydrogen (secondary N) is 1. The van der Waals surface area contributed by atoms with Gasteiger partial charge in [0.15, 0.2) is 6.61 Å². The fourth-order valence-electron chi connectivity index (χ4n) is 2.16. The number of nitrogens with two attached hydrogens (primary N) is 1. The number of anilines is 1. The van der Waals surface area contributed by atoms with Gasteiger partial charge in [-0.1, -0.05) is 6.07 Å². The third kappa shape index (κ3) is 4.13. The number of rotatable bonds is 4. The maximum absolute atomic E-state index is 11.9. The first-order valence-electron chi connectivity index (χ1n) is 6.44. The van der Waals surface area contributed by atoms with E-state index in [1.807, 2.05) is 6.92 Å². The predicted molar refractivity (Wildman–Crippen MR) is 73.0 cm³/mol. The molecule has 1 aromatic rings. The molecule has 1 aromatic carbocycles. The highest BCUT2D eigenvalue weighted by Crippen LogP contribution is 2.18. The molecule has 0 bridgehead atoms. The number of nitrogen functional groups attached to an aromatic ring is 1. The maximum Gasteiger partial charge on any atom is 0.258 e. The molecule has 5 heteroatoms. The van der Waals surface area contributed by atoms with Crippen LogP contribution in [0.1, 0.15) is 19.8 Å². The van der Waals surface area contributed by atoms with Gasteiger partial charge in [0.05, 0.1) is 12.1 Å². The fourth-order valence-corrected chi connectivity index (χ4v) is 2.16. The van der Waals surface area contributed by atoms with Gasteiger partial charge in [-0.25, -0.2) is 0 Å². The summed E-state index contributed by atoms with van der Waals surface area (Å²) >= 11 is 0. The van der Waals surface area contributed by atoms with Crippen LogP contribution in [0.2, 0.25) is 0 Å². The first-order valence-corrected chi connectivity index (χ1v) is 6.44. The molecule has 1 heterocycles. The molecule has 3 N–H and O–H groups in total. The highest BCUT2D eigenvalue weighted by Gasteiger charge is 2.29. The van der Waals surface area contributed by atoms with Crippen LogP contribution >= 0.6 is 0 Å². The van der Waals surface area contributed by atoms with Crippen molar-refractivity contribution in [3.63, 3.8) is 0 Å². The average molecular weight is 264 g/mol. The highest BCUT2D eigenvalue weighted by molar-refractivity contribution is 5.78. The van der Waals surface area contributed by atoms with E-state index in [4.69, 9.17) is 15.2 Å². The molecule has 2 rings (SSSR count). The van der Waals surface area contributed by atoms with E-state index < -0.39 is 0 Å². The van der Waals surface area contributed by atoms with Crippen molar-refractivity contribution in [2.75, 3.05) is 25.6 Å². The molecular weight excluding hydrogens is 244 g/mol. The zero-order chi connectivity index (χ0) is 13.7. The van der Waals surface area contributed by atoms with Crippen LogP contribution in [0.15, 0.2) is 24.3 Å². The maximum atomic E-state index is 11.9. The molecule has 0 saturated carbocycles. The second kappa shape index (κ2) is 5.93. The lowest BCUT2D eigenvalue weighted by molar-refractivity contribution is -0.126. The van der Waals surface area contributed by atoms with E-state index in [0.717, 1.165) is 19.4 Å². The van der Waals surface area contributed by atoms with Crippen LogP contribution in [0.4, 0.5) is 5.69 Å². The van der Waals surface area contributed by atoms with E-state index in [9.17, 15) is 4.79 Å². The summed E-state index contributed by atoms with van der Waals surface area (Å²) < 4.78 is 10.8. The highest BCUT2D eigenvalue weighted by atomic mass is 16.5. The summed E-state index contributed by atoms with van der Waals surface area (Å²) in [6, 6.07) is 7.03.